The van der Waals surface area contributed by atoms with Gasteiger partial charge in [-0.1, -0.05) is 13.8 Å². The molecule has 3 nitrogen and oxygen atoms in total. The summed E-state index contributed by atoms with van der Waals surface area (Å²) in [6, 6.07) is 3.28. The first-order valence-corrected chi connectivity index (χ1v) is 8.99. The fourth-order valence-corrected chi connectivity index (χ4v) is 4.63. The van der Waals surface area contributed by atoms with Crippen LogP contribution < -0.4 is 0 Å². The Morgan fingerprint density at radius 1 is 0.952 bits per heavy atom. The SMILES string of the molecule is CC1CCC(N2CC(CC#N)(N3CCC(C)CC3)C2)CC1. The number of rotatable bonds is 3. The fraction of sp³-hybridized carbons (Fsp3) is 0.944. The van der Waals surface area contributed by atoms with Crippen molar-refractivity contribution in [3.63, 3.8) is 0 Å². The third-order valence-corrected chi connectivity index (χ3v) is 6.36. The van der Waals surface area contributed by atoms with Crippen LogP contribution in [-0.2, 0) is 0 Å². The molecule has 118 valence electrons. The molecule has 0 aromatic carbocycles. The van der Waals surface area contributed by atoms with E-state index in [-0.39, 0.29) is 5.54 Å². The van der Waals surface area contributed by atoms with Crippen LogP contribution in [0.5, 0.6) is 0 Å². The molecule has 3 rings (SSSR count). The third-order valence-electron chi connectivity index (χ3n) is 6.36. The van der Waals surface area contributed by atoms with Crippen LogP contribution in [0.2, 0.25) is 0 Å². The van der Waals surface area contributed by atoms with Gasteiger partial charge in [0, 0.05) is 19.1 Å². The van der Waals surface area contributed by atoms with E-state index in [0.29, 0.717) is 0 Å². The van der Waals surface area contributed by atoms with E-state index in [4.69, 9.17) is 0 Å². The number of hydrogen-bond acceptors (Lipinski definition) is 3. The molecule has 0 radical (unpaired) electrons. The van der Waals surface area contributed by atoms with Crippen molar-refractivity contribution in [2.45, 2.75) is 70.4 Å². The van der Waals surface area contributed by atoms with Crippen LogP contribution in [0, 0.1) is 23.2 Å². The molecule has 3 heteroatoms. The summed E-state index contributed by atoms with van der Waals surface area (Å²) in [7, 11) is 0. The van der Waals surface area contributed by atoms with E-state index in [9.17, 15) is 5.26 Å². The zero-order valence-electron chi connectivity index (χ0n) is 13.9. The molecule has 0 N–H and O–H groups in total. The highest BCUT2D eigenvalue weighted by atomic mass is 15.4. The molecule has 0 unspecified atom stereocenters. The maximum absolute atomic E-state index is 9.29. The Balaban J connectivity index is 1.57. The number of likely N-dealkylation sites (tertiary alicyclic amines) is 2. The normalized spacial score (nSPS) is 35.1. The molecule has 1 aliphatic carbocycles. The summed E-state index contributed by atoms with van der Waals surface area (Å²) in [5.74, 6) is 1.80. The van der Waals surface area contributed by atoms with E-state index in [1.54, 1.807) is 0 Å². The van der Waals surface area contributed by atoms with Crippen molar-refractivity contribution in [3.05, 3.63) is 0 Å². The molecule has 0 aromatic rings. The van der Waals surface area contributed by atoms with Gasteiger partial charge in [-0.15, -0.1) is 0 Å². The summed E-state index contributed by atoms with van der Waals surface area (Å²) in [6.45, 7) is 9.46. The summed E-state index contributed by atoms with van der Waals surface area (Å²) in [4.78, 5) is 5.33. The third kappa shape index (κ3) is 3.12. The Kier molecular flexibility index (Phi) is 4.57. The monoisotopic (exact) mass is 289 g/mol. The number of piperidine rings is 1. The van der Waals surface area contributed by atoms with Gasteiger partial charge in [0.15, 0.2) is 0 Å². The smallest absolute Gasteiger partial charge is 0.0642 e. The minimum absolute atomic E-state index is 0.192. The number of nitriles is 1. The van der Waals surface area contributed by atoms with Gasteiger partial charge in [0.2, 0.25) is 0 Å². The van der Waals surface area contributed by atoms with Gasteiger partial charge in [0.05, 0.1) is 18.0 Å². The second-order valence-corrected chi connectivity index (χ2v) is 8.05. The van der Waals surface area contributed by atoms with Crippen LogP contribution >= 0.6 is 0 Å². The average Bonchev–Trinajstić information content (AvgIpc) is 2.45. The molecule has 1 saturated carbocycles. The van der Waals surface area contributed by atoms with Crippen LogP contribution in [0.4, 0.5) is 0 Å². The van der Waals surface area contributed by atoms with Gasteiger partial charge in [0.1, 0.15) is 0 Å². The second-order valence-electron chi connectivity index (χ2n) is 8.05. The maximum Gasteiger partial charge on any atom is 0.0642 e. The van der Waals surface area contributed by atoms with Crippen molar-refractivity contribution in [3.8, 4) is 6.07 Å². The molecule has 0 spiro atoms. The molecule has 2 saturated heterocycles. The van der Waals surface area contributed by atoms with E-state index in [0.717, 1.165) is 37.4 Å². The Hall–Kier alpha value is -0.590. The highest BCUT2D eigenvalue weighted by molar-refractivity contribution is 5.10. The quantitative estimate of drug-likeness (QED) is 0.799. The molecular formula is C18H31N3. The van der Waals surface area contributed by atoms with Crippen LogP contribution in [-0.4, -0.2) is 47.6 Å². The number of hydrogen-bond donors (Lipinski definition) is 0. The van der Waals surface area contributed by atoms with Crippen molar-refractivity contribution in [2.24, 2.45) is 11.8 Å². The van der Waals surface area contributed by atoms with Gasteiger partial charge < -0.3 is 0 Å². The molecule has 0 aromatic heterocycles. The zero-order valence-corrected chi connectivity index (χ0v) is 13.9. The first-order valence-electron chi connectivity index (χ1n) is 8.99. The predicted molar refractivity (Wildman–Crippen MR) is 85.9 cm³/mol. The van der Waals surface area contributed by atoms with Crippen molar-refractivity contribution in [1.82, 2.24) is 9.80 Å². The standard InChI is InChI=1S/C18H31N3/c1-15-3-5-17(6-4-15)20-13-18(14-20,9-10-19)21-11-7-16(2)8-12-21/h15-17H,3-9,11-14H2,1-2H3. The molecule has 2 heterocycles. The molecular weight excluding hydrogens is 258 g/mol. The maximum atomic E-state index is 9.29. The summed E-state index contributed by atoms with van der Waals surface area (Å²) in [5, 5.41) is 9.29. The van der Waals surface area contributed by atoms with Crippen LogP contribution in [0.1, 0.15) is 58.8 Å². The molecule has 3 aliphatic rings. The van der Waals surface area contributed by atoms with Gasteiger partial charge in [0.25, 0.3) is 0 Å². The molecule has 3 fully saturated rings. The lowest BCUT2D eigenvalue weighted by Crippen LogP contribution is -2.72. The zero-order chi connectivity index (χ0) is 14.9. The lowest BCUT2D eigenvalue weighted by atomic mass is 9.78. The van der Waals surface area contributed by atoms with Crippen molar-refractivity contribution >= 4 is 0 Å². The van der Waals surface area contributed by atoms with Gasteiger partial charge in [-0.2, -0.15) is 5.26 Å². The van der Waals surface area contributed by atoms with E-state index in [1.165, 1.54) is 51.6 Å². The minimum Gasteiger partial charge on any atom is -0.297 e. The molecule has 0 amide bonds. The van der Waals surface area contributed by atoms with Crippen molar-refractivity contribution in [1.29, 1.82) is 5.26 Å². The van der Waals surface area contributed by atoms with Crippen molar-refractivity contribution < 1.29 is 0 Å². The highest BCUT2D eigenvalue weighted by Crippen LogP contribution is 2.38. The van der Waals surface area contributed by atoms with Crippen molar-refractivity contribution in [2.75, 3.05) is 26.2 Å². The second kappa shape index (κ2) is 6.26. The largest absolute Gasteiger partial charge is 0.297 e. The van der Waals surface area contributed by atoms with Gasteiger partial charge >= 0.3 is 0 Å². The predicted octanol–water partition coefficient (Wildman–Crippen LogP) is 3.27. The molecule has 0 atom stereocenters. The van der Waals surface area contributed by atoms with Gasteiger partial charge in [-0.05, 0) is 63.5 Å². The molecule has 2 aliphatic heterocycles. The molecule has 21 heavy (non-hydrogen) atoms. The topological polar surface area (TPSA) is 30.3 Å². The Morgan fingerprint density at radius 3 is 2.10 bits per heavy atom. The Labute approximate surface area is 130 Å². The fourth-order valence-electron chi connectivity index (χ4n) is 4.63. The number of nitrogens with zero attached hydrogens (tertiary/aromatic N) is 3. The summed E-state index contributed by atoms with van der Waals surface area (Å²) in [5.41, 5.74) is 0.192. The van der Waals surface area contributed by atoms with Crippen LogP contribution in [0.3, 0.4) is 0 Å². The van der Waals surface area contributed by atoms with E-state index < -0.39 is 0 Å². The highest BCUT2D eigenvalue weighted by Gasteiger charge is 2.49. The summed E-state index contributed by atoms with van der Waals surface area (Å²) >= 11 is 0. The van der Waals surface area contributed by atoms with E-state index in [1.807, 2.05) is 0 Å². The first-order chi connectivity index (χ1) is 10.1. The van der Waals surface area contributed by atoms with E-state index >= 15 is 0 Å². The Bertz CT molecular complexity index is 378. The van der Waals surface area contributed by atoms with Crippen LogP contribution in [0.15, 0.2) is 0 Å². The van der Waals surface area contributed by atoms with Gasteiger partial charge in [-0.25, -0.2) is 0 Å². The average molecular weight is 289 g/mol. The van der Waals surface area contributed by atoms with Crippen LogP contribution in [0.25, 0.3) is 0 Å². The molecule has 0 bridgehead atoms. The lowest BCUT2D eigenvalue weighted by molar-refractivity contribution is -0.0904. The summed E-state index contributed by atoms with van der Waals surface area (Å²) < 4.78 is 0. The summed E-state index contributed by atoms with van der Waals surface area (Å²) in [6.07, 6.45) is 8.90. The Morgan fingerprint density at radius 2 is 1.52 bits per heavy atom. The minimum atomic E-state index is 0.192. The van der Waals surface area contributed by atoms with E-state index in [2.05, 4.69) is 29.7 Å². The first kappa shape index (κ1) is 15.3. The van der Waals surface area contributed by atoms with Gasteiger partial charge in [-0.3, -0.25) is 9.80 Å². The lowest BCUT2D eigenvalue weighted by Gasteiger charge is -2.59.